The summed E-state index contributed by atoms with van der Waals surface area (Å²) in [5.41, 5.74) is 1.58. The summed E-state index contributed by atoms with van der Waals surface area (Å²) in [6, 6.07) is 2.72. The number of aromatic nitrogens is 4. The molecule has 4 rings (SSSR count). The van der Waals surface area contributed by atoms with E-state index in [2.05, 4.69) is 15.0 Å². The number of amides is 1. The Labute approximate surface area is 194 Å². The van der Waals surface area contributed by atoms with Crippen molar-refractivity contribution >= 4 is 34.5 Å². The molecule has 3 aromatic rings. The van der Waals surface area contributed by atoms with Crippen molar-refractivity contribution in [3.8, 4) is 5.69 Å². The molecule has 1 aliphatic rings. The first kappa shape index (κ1) is 22.9. The molecule has 1 fully saturated rings. The van der Waals surface area contributed by atoms with Gasteiger partial charge in [-0.3, -0.25) is 4.98 Å². The van der Waals surface area contributed by atoms with Gasteiger partial charge in [0.05, 0.1) is 16.8 Å². The molecule has 4 heterocycles. The maximum Gasteiger partial charge on any atom is 0.407 e. The van der Waals surface area contributed by atoms with Crippen LogP contribution in [0, 0.1) is 12.7 Å². The monoisotopic (exact) mass is 474 g/mol. The van der Waals surface area contributed by atoms with E-state index >= 15 is 0 Å². The number of halogens is 2. The zero-order valence-corrected chi connectivity index (χ0v) is 19.5. The smallest absolute Gasteiger partial charge is 0.407 e. The number of pyridine rings is 2. The van der Waals surface area contributed by atoms with Crippen LogP contribution in [-0.4, -0.2) is 61.3 Å². The van der Waals surface area contributed by atoms with E-state index in [0.29, 0.717) is 23.3 Å². The minimum Gasteiger partial charge on any atom is -0.465 e. The lowest BCUT2D eigenvalue weighted by Gasteiger charge is -2.39. The van der Waals surface area contributed by atoms with Crippen LogP contribution < -0.4 is 10.6 Å². The van der Waals surface area contributed by atoms with E-state index in [1.54, 1.807) is 12.3 Å². The Balaban J connectivity index is 1.99. The molecule has 11 heteroatoms. The van der Waals surface area contributed by atoms with Gasteiger partial charge in [-0.15, -0.1) is 0 Å². The molecular formula is C22H24ClFN6O3. The Morgan fingerprint density at radius 3 is 2.67 bits per heavy atom. The first-order chi connectivity index (χ1) is 15.6. The molecule has 0 aromatic carbocycles. The quantitative estimate of drug-likeness (QED) is 0.578. The summed E-state index contributed by atoms with van der Waals surface area (Å²) in [6.45, 7) is 8.36. The van der Waals surface area contributed by atoms with Crippen LogP contribution in [0.4, 0.5) is 15.0 Å². The average Bonchev–Trinajstić information content (AvgIpc) is 2.75. The van der Waals surface area contributed by atoms with Crippen LogP contribution >= 0.6 is 11.6 Å². The molecule has 1 aliphatic heterocycles. The zero-order chi connectivity index (χ0) is 24.0. The highest BCUT2D eigenvalue weighted by Crippen LogP contribution is 2.31. The molecule has 0 aliphatic carbocycles. The van der Waals surface area contributed by atoms with E-state index in [9.17, 15) is 19.1 Å². The largest absolute Gasteiger partial charge is 0.465 e. The van der Waals surface area contributed by atoms with Crippen molar-refractivity contribution in [3.63, 3.8) is 0 Å². The van der Waals surface area contributed by atoms with Gasteiger partial charge in [0, 0.05) is 31.9 Å². The summed E-state index contributed by atoms with van der Waals surface area (Å²) < 4.78 is 15.9. The van der Waals surface area contributed by atoms with Gasteiger partial charge in [-0.1, -0.05) is 25.4 Å². The van der Waals surface area contributed by atoms with Crippen LogP contribution in [0.25, 0.3) is 16.7 Å². The summed E-state index contributed by atoms with van der Waals surface area (Å²) in [7, 11) is 0. The highest BCUT2D eigenvalue weighted by molar-refractivity contribution is 6.30. The highest BCUT2D eigenvalue weighted by atomic mass is 35.5. The Morgan fingerprint density at radius 1 is 1.30 bits per heavy atom. The van der Waals surface area contributed by atoms with Gasteiger partial charge in [0.15, 0.2) is 16.6 Å². The van der Waals surface area contributed by atoms with Crippen molar-refractivity contribution in [2.24, 2.45) is 0 Å². The van der Waals surface area contributed by atoms with Gasteiger partial charge < -0.3 is 14.9 Å². The normalized spacial score (nSPS) is 16.6. The number of anilines is 1. The number of fused-ring (bicyclic) bond motifs is 1. The minimum atomic E-state index is -1.01. The van der Waals surface area contributed by atoms with E-state index in [1.807, 2.05) is 32.6 Å². The zero-order valence-electron chi connectivity index (χ0n) is 18.7. The number of hydrogen-bond acceptors (Lipinski definition) is 6. The topological polar surface area (TPSA) is 104 Å². The molecule has 174 valence electrons. The van der Waals surface area contributed by atoms with Crippen LogP contribution in [0.15, 0.2) is 23.1 Å². The van der Waals surface area contributed by atoms with Crippen LogP contribution in [0.3, 0.4) is 0 Å². The van der Waals surface area contributed by atoms with Gasteiger partial charge in [0.1, 0.15) is 5.82 Å². The van der Waals surface area contributed by atoms with Gasteiger partial charge in [0.2, 0.25) is 0 Å². The number of rotatable bonds is 3. The molecule has 1 saturated heterocycles. The summed E-state index contributed by atoms with van der Waals surface area (Å²) in [5, 5.41) is 9.27. The second-order valence-corrected chi connectivity index (χ2v) is 8.83. The van der Waals surface area contributed by atoms with Gasteiger partial charge in [-0.05, 0) is 37.5 Å². The SMILES string of the molecule is Cc1ccnc(C(C)C)c1-n1c(=O)nc(N2CCN(C(=O)O)C[C@@H]2C)c2cc(F)c(Cl)nc21. The Bertz CT molecular complexity index is 1310. The fraction of sp³-hybridized carbons (Fsp3) is 0.409. The molecule has 9 nitrogen and oxygen atoms in total. The van der Waals surface area contributed by atoms with Gasteiger partial charge >= 0.3 is 11.8 Å². The van der Waals surface area contributed by atoms with E-state index < -0.39 is 17.6 Å². The maximum atomic E-state index is 14.6. The molecule has 1 amide bonds. The second-order valence-electron chi connectivity index (χ2n) is 8.47. The van der Waals surface area contributed by atoms with Crippen molar-refractivity contribution in [1.82, 2.24) is 24.4 Å². The molecule has 33 heavy (non-hydrogen) atoms. The minimum absolute atomic E-state index is 0.00145. The third-order valence-corrected chi connectivity index (χ3v) is 6.12. The van der Waals surface area contributed by atoms with Crippen LogP contribution in [0.5, 0.6) is 0 Å². The lowest BCUT2D eigenvalue weighted by molar-refractivity contribution is 0.136. The predicted octanol–water partition coefficient (Wildman–Crippen LogP) is 3.59. The first-order valence-corrected chi connectivity index (χ1v) is 11.0. The molecular weight excluding hydrogens is 451 g/mol. The standard InChI is InChI=1S/C22H24ClFN6O3/c1-11(2)16-17(12(3)5-6-25-16)30-20-14(9-15(24)18(23)26-20)19(27-21(30)31)29-8-7-28(22(32)33)10-13(29)4/h5-6,9,11,13H,7-8,10H2,1-4H3,(H,32,33)/t13-/m0/s1. The fourth-order valence-electron chi connectivity index (χ4n) is 4.24. The number of aryl methyl sites for hydroxylation is 1. The number of carboxylic acid groups (broad SMARTS) is 1. The molecule has 0 unspecified atom stereocenters. The van der Waals surface area contributed by atoms with Crippen molar-refractivity contribution < 1.29 is 14.3 Å². The third kappa shape index (κ3) is 3.99. The molecule has 3 aromatic heterocycles. The first-order valence-electron chi connectivity index (χ1n) is 10.6. The van der Waals surface area contributed by atoms with Gasteiger partial charge in [-0.2, -0.15) is 4.98 Å². The number of carbonyl (C=O) groups is 1. The average molecular weight is 475 g/mol. The Hall–Kier alpha value is -3.27. The molecule has 1 N–H and O–H groups in total. The molecule has 0 saturated carbocycles. The lowest BCUT2D eigenvalue weighted by atomic mass is 10.0. The third-order valence-electron chi connectivity index (χ3n) is 5.85. The van der Waals surface area contributed by atoms with Gasteiger partial charge in [-0.25, -0.2) is 23.5 Å². The summed E-state index contributed by atoms with van der Waals surface area (Å²) in [5.74, 6) is -0.484. The summed E-state index contributed by atoms with van der Waals surface area (Å²) in [6.07, 6.45) is 0.662. The lowest BCUT2D eigenvalue weighted by Crippen LogP contribution is -2.54. The maximum absolute atomic E-state index is 14.6. The summed E-state index contributed by atoms with van der Waals surface area (Å²) in [4.78, 5) is 40.9. The van der Waals surface area contributed by atoms with Gasteiger partial charge in [0.25, 0.3) is 0 Å². The van der Waals surface area contributed by atoms with Crippen molar-refractivity contribution in [1.29, 1.82) is 0 Å². The van der Waals surface area contributed by atoms with Crippen molar-refractivity contribution in [2.45, 2.75) is 39.7 Å². The number of nitrogens with zero attached hydrogens (tertiary/aromatic N) is 6. The predicted molar refractivity (Wildman–Crippen MR) is 123 cm³/mol. The molecule has 0 bridgehead atoms. The Morgan fingerprint density at radius 2 is 2.03 bits per heavy atom. The number of hydrogen-bond donors (Lipinski definition) is 1. The molecule has 1 atom stereocenters. The summed E-state index contributed by atoms with van der Waals surface area (Å²) >= 11 is 6.04. The van der Waals surface area contributed by atoms with E-state index in [0.717, 1.165) is 5.56 Å². The van der Waals surface area contributed by atoms with E-state index in [-0.39, 0.29) is 41.7 Å². The second kappa shape index (κ2) is 8.58. The van der Waals surface area contributed by atoms with Crippen molar-refractivity contribution in [3.05, 3.63) is 51.0 Å². The van der Waals surface area contributed by atoms with Crippen molar-refractivity contribution in [2.75, 3.05) is 24.5 Å². The van der Waals surface area contributed by atoms with Crippen LogP contribution in [0.1, 0.15) is 37.9 Å². The molecule has 0 radical (unpaired) electrons. The number of piperazine rings is 1. The van der Waals surface area contributed by atoms with Crippen LogP contribution in [0.2, 0.25) is 5.15 Å². The highest BCUT2D eigenvalue weighted by Gasteiger charge is 2.30. The Kier molecular flexibility index (Phi) is 5.96. The van der Waals surface area contributed by atoms with Crippen LogP contribution in [-0.2, 0) is 0 Å². The fourth-order valence-corrected chi connectivity index (χ4v) is 4.37. The van der Waals surface area contributed by atoms with E-state index in [4.69, 9.17) is 11.6 Å². The van der Waals surface area contributed by atoms with E-state index in [1.165, 1.54) is 15.5 Å². The molecule has 0 spiro atoms.